The van der Waals surface area contributed by atoms with Gasteiger partial charge in [0.15, 0.2) is 0 Å². The fourth-order valence-corrected chi connectivity index (χ4v) is 1.90. The molecule has 1 N–H and O–H groups in total. The van der Waals surface area contributed by atoms with Crippen LogP contribution in [-0.4, -0.2) is 11.2 Å². The average molecular weight is 192 g/mol. The van der Waals surface area contributed by atoms with Gasteiger partial charge in [-0.25, -0.2) is 0 Å². The molecule has 0 fully saturated rings. The van der Waals surface area contributed by atoms with Crippen molar-refractivity contribution in [1.29, 1.82) is 0 Å². The summed E-state index contributed by atoms with van der Waals surface area (Å²) in [6, 6.07) is 5.91. The van der Waals surface area contributed by atoms with Gasteiger partial charge in [0.25, 0.3) is 0 Å². The maximum atomic E-state index is 10.0. The second-order valence-electron chi connectivity index (χ2n) is 4.12. The van der Waals surface area contributed by atoms with E-state index in [2.05, 4.69) is 0 Å². The first-order valence-corrected chi connectivity index (χ1v) is 5.05. The molecule has 0 bridgehead atoms. The quantitative estimate of drug-likeness (QED) is 0.684. The zero-order chi connectivity index (χ0) is 10.3. The van der Waals surface area contributed by atoms with Crippen LogP contribution >= 0.6 is 0 Å². The van der Waals surface area contributed by atoms with E-state index in [9.17, 15) is 5.11 Å². The number of aliphatic hydroxyl groups excluding tert-OH is 1. The Hall–Kier alpha value is -1.02. The van der Waals surface area contributed by atoms with Gasteiger partial charge < -0.3 is 9.84 Å². The molecule has 0 aromatic heterocycles. The van der Waals surface area contributed by atoms with E-state index in [-0.39, 0.29) is 12.0 Å². The van der Waals surface area contributed by atoms with Gasteiger partial charge >= 0.3 is 0 Å². The molecule has 0 aliphatic carbocycles. The SMILES string of the molecule is Cc1cccc2c1OC(C)C(C)C2O. The normalized spacial score (nSPS) is 30.7. The van der Waals surface area contributed by atoms with Crippen molar-refractivity contribution in [2.45, 2.75) is 33.0 Å². The minimum atomic E-state index is -0.395. The number of benzene rings is 1. The van der Waals surface area contributed by atoms with Gasteiger partial charge in [0.05, 0.1) is 6.10 Å². The average Bonchev–Trinajstić information content (AvgIpc) is 2.17. The Morgan fingerprint density at radius 3 is 2.71 bits per heavy atom. The highest BCUT2D eigenvalue weighted by molar-refractivity contribution is 5.43. The number of aryl methyl sites for hydroxylation is 1. The van der Waals surface area contributed by atoms with Crippen LogP contribution in [0, 0.1) is 12.8 Å². The monoisotopic (exact) mass is 192 g/mol. The molecule has 3 atom stereocenters. The zero-order valence-corrected chi connectivity index (χ0v) is 8.82. The van der Waals surface area contributed by atoms with Crippen LogP contribution in [0.15, 0.2) is 18.2 Å². The first kappa shape index (κ1) is 9.53. The predicted molar refractivity (Wildman–Crippen MR) is 55.4 cm³/mol. The number of aliphatic hydroxyl groups is 1. The van der Waals surface area contributed by atoms with E-state index in [0.717, 1.165) is 16.9 Å². The van der Waals surface area contributed by atoms with Crippen molar-refractivity contribution < 1.29 is 9.84 Å². The molecule has 0 radical (unpaired) electrons. The van der Waals surface area contributed by atoms with Crippen LogP contribution in [0.25, 0.3) is 0 Å². The molecular formula is C12H16O2. The standard InChI is InChI=1S/C12H16O2/c1-7-5-4-6-10-11(13)8(2)9(3)14-12(7)10/h4-6,8-9,11,13H,1-3H3. The highest BCUT2D eigenvalue weighted by atomic mass is 16.5. The third-order valence-corrected chi connectivity index (χ3v) is 3.10. The summed E-state index contributed by atoms with van der Waals surface area (Å²) < 4.78 is 5.79. The molecule has 2 nitrogen and oxygen atoms in total. The molecule has 0 amide bonds. The lowest BCUT2D eigenvalue weighted by Gasteiger charge is -2.34. The smallest absolute Gasteiger partial charge is 0.128 e. The third-order valence-electron chi connectivity index (χ3n) is 3.10. The van der Waals surface area contributed by atoms with Gasteiger partial charge in [0.2, 0.25) is 0 Å². The van der Waals surface area contributed by atoms with E-state index in [1.165, 1.54) is 0 Å². The minimum Gasteiger partial charge on any atom is -0.490 e. The molecule has 76 valence electrons. The third kappa shape index (κ3) is 1.30. The largest absolute Gasteiger partial charge is 0.490 e. The van der Waals surface area contributed by atoms with Gasteiger partial charge in [0, 0.05) is 11.5 Å². The zero-order valence-electron chi connectivity index (χ0n) is 8.82. The highest BCUT2D eigenvalue weighted by Gasteiger charge is 2.31. The molecule has 14 heavy (non-hydrogen) atoms. The highest BCUT2D eigenvalue weighted by Crippen LogP contribution is 2.39. The maximum Gasteiger partial charge on any atom is 0.128 e. The number of hydrogen-bond donors (Lipinski definition) is 1. The second kappa shape index (κ2) is 3.28. The number of hydrogen-bond acceptors (Lipinski definition) is 2. The first-order chi connectivity index (χ1) is 6.61. The summed E-state index contributed by atoms with van der Waals surface area (Å²) in [7, 11) is 0. The summed E-state index contributed by atoms with van der Waals surface area (Å²) in [5.74, 6) is 1.02. The van der Waals surface area contributed by atoms with Gasteiger partial charge in [-0.05, 0) is 19.4 Å². The van der Waals surface area contributed by atoms with Crippen molar-refractivity contribution in [3.8, 4) is 5.75 Å². The Morgan fingerprint density at radius 1 is 1.29 bits per heavy atom. The molecule has 0 saturated heterocycles. The van der Waals surface area contributed by atoms with Crippen molar-refractivity contribution in [3.05, 3.63) is 29.3 Å². The molecule has 1 aromatic rings. The molecule has 1 aromatic carbocycles. The van der Waals surface area contributed by atoms with E-state index >= 15 is 0 Å². The summed E-state index contributed by atoms with van der Waals surface area (Å²) >= 11 is 0. The van der Waals surface area contributed by atoms with Crippen molar-refractivity contribution in [2.24, 2.45) is 5.92 Å². The van der Waals surface area contributed by atoms with Crippen molar-refractivity contribution >= 4 is 0 Å². The Bertz CT molecular complexity index is 346. The second-order valence-corrected chi connectivity index (χ2v) is 4.12. The van der Waals surface area contributed by atoms with E-state index in [1.54, 1.807) is 0 Å². The first-order valence-electron chi connectivity index (χ1n) is 5.05. The number of rotatable bonds is 0. The summed E-state index contributed by atoms with van der Waals surface area (Å²) in [6.45, 7) is 6.03. The van der Waals surface area contributed by atoms with Crippen LogP contribution in [0.3, 0.4) is 0 Å². The molecule has 1 heterocycles. The Labute approximate surface area is 84.5 Å². The van der Waals surface area contributed by atoms with Crippen LogP contribution in [0.1, 0.15) is 31.1 Å². The van der Waals surface area contributed by atoms with Gasteiger partial charge in [-0.1, -0.05) is 25.1 Å². The van der Waals surface area contributed by atoms with Crippen molar-refractivity contribution in [1.82, 2.24) is 0 Å². The van der Waals surface area contributed by atoms with Gasteiger partial charge in [0.1, 0.15) is 11.9 Å². The summed E-state index contributed by atoms with van der Waals surface area (Å²) in [6.07, 6.45) is -0.313. The molecular weight excluding hydrogens is 176 g/mol. The van der Waals surface area contributed by atoms with Gasteiger partial charge in [-0.2, -0.15) is 0 Å². The van der Waals surface area contributed by atoms with E-state index in [4.69, 9.17) is 4.74 Å². The number of para-hydroxylation sites is 1. The van der Waals surface area contributed by atoms with Crippen LogP contribution < -0.4 is 4.74 Å². The van der Waals surface area contributed by atoms with Gasteiger partial charge in [-0.3, -0.25) is 0 Å². The molecule has 2 heteroatoms. The predicted octanol–water partition coefficient (Wildman–Crippen LogP) is 2.45. The van der Waals surface area contributed by atoms with Crippen LogP contribution in [0.4, 0.5) is 0 Å². The lowest BCUT2D eigenvalue weighted by molar-refractivity contribution is 0.0170. The summed E-state index contributed by atoms with van der Waals surface area (Å²) in [5, 5.41) is 10.0. The number of fused-ring (bicyclic) bond motifs is 1. The van der Waals surface area contributed by atoms with Crippen LogP contribution in [0.2, 0.25) is 0 Å². The molecule has 0 spiro atoms. The van der Waals surface area contributed by atoms with Crippen LogP contribution in [0.5, 0.6) is 5.75 Å². The number of ether oxygens (including phenoxy) is 1. The fraction of sp³-hybridized carbons (Fsp3) is 0.500. The molecule has 2 rings (SSSR count). The van der Waals surface area contributed by atoms with Crippen molar-refractivity contribution in [3.63, 3.8) is 0 Å². The summed E-state index contributed by atoms with van der Waals surface area (Å²) in [5.41, 5.74) is 2.02. The topological polar surface area (TPSA) is 29.5 Å². The van der Waals surface area contributed by atoms with Gasteiger partial charge in [-0.15, -0.1) is 0 Å². The molecule has 1 aliphatic heterocycles. The lowest BCUT2D eigenvalue weighted by Crippen LogP contribution is -2.32. The maximum absolute atomic E-state index is 10.0. The fourth-order valence-electron chi connectivity index (χ4n) is 1.90. The molecule has 0 saturated carbocycles. The van der Waals surface area contributed by atoms with Crippen LogP contribution in [-0.2, 0) is 0 Å². The Kier molecular flexibility index (Phi) is 2.23. The minimum absolute atomic E-state index is 0.0820. The lowest BCUT2D eigenvalue weighted by atomic mass is 9.89. The van der Waals surface area contributed by atoms with Crippen molar-refractivity contribution in [2.75, 3.05) is 0 Å². The molecule has 1 aliphatic rings. The van der Waals surface area contributed by atoms with E-state index in [0.29, 0.717) is 0 Å². The Morgan fingerprint density at radius 2 is 2.00 bits per heavy atom. The van der Waals surface area contributed by atoms with E-state index < -0.39 is 6.10 Å². The molecule has 3 unspecified atom stereocenters. The van der Waals surface area contributed by atoms with E-state index in [1.807, 2.05) is 39.0 Å². The summed E-state index contributed by atoms with van der Waals surface area (Å²) in [4.78, 5) is 0. The Balaban J connectivity index is 2.50.